The molecule has 8 heteroatoms. The SMILES string of the molecule is CN=C(NCc1cccc(NC(=O)C2CCCO2)c1)NCC(C(C)C)N1CCOCC1. The van der Waals surface area contributed by atoms with Gasteiger partial charge in [0.25, 0.3) is 5.91 Å². The van der Waals surface area contributed by atoms with Crippen LogP contribution in [0.4, 0.5) is 5.69 Å². The summed E-state index contributed by atoms with van der Waals surface area (Å²) in [5, 5.41) is 9.81. The Morgan fingerprint density at radius 2 is 2.03 bits per heavy atom. The first-order valence-electron chi connectivity index (χ1n) is 11.3. The van der Waals surface area contributed by atoms with E-state index in [1.54, 1.807) is 7.05 Å². The van der Waals surface area contributed by atoms with Crippen molar-refractivity contribution in [3.05, 3.63) is 29.8 Å². The van der Waals surface area contributed by atoms with Crippen LogP contribution in [0.1, 0.15) is 32.3 Å². The van der Waals surface area contributed by atoms with E-state index in [-0.39, 0.29) is 12.0 Å². The molecule has 1 amide bonds. The van der Waals surface area contributed by atoms with E-state index in [1.165, 1.54) is 0 Å². The Balaban J connectivity index is 1.49. The summed E-state index contributed by atoms with van der Waals surface area (Å²) in [5.41, 5.74) is 1.86. The number of ether oxygens (including phenoxy) is 2. The van der Waals surface area contributed by atoms with E-state index < -0.39 is 0 Å². The first-order chi connectivity index (χ1) is 15.1. The van der Waals surface area contributed by atoms with Crippen LogP contribution in [0.5, 0.6) is 0 Å². The summed E-state index contributed by atoms with van der Waals surface area (Å²) in [4.78, 5) is 19.1. The topological polar surface area (TPSA) is 87.2 Å². The lowest BCUT2D eigenvalue weighted by molar-refractivity contribution is -0.124. The standard InChI is InChI=1S/C23H37N5O3/c1-17(2)20(28-9-12-30-13-10-28)16-26-23(24-3)25-15-18-6-4-7-19(14-18)27-22(29)21-8-5-11-31-21/h4,6-7,14,17,20-21H,5,8-13,15-16H2,1-3H3,(H,27,29)(H2,24,25,26). The highest BCUT2D eigenvalue weighted by Gasteiger charge is 2.24. The fourth-order valence-corrected chi connectivity index (χ4v) is 4.07. The molecular weight excluding hydrogens is 394 g/mol. The van der Waals surface area contributed by atoms with Crippen LogP contribution < -0.4 is 16.0 Å². The van der Waals surface area contributed by atoms with Crippen molar-refractivity contribution in [3.8, 4) is 0 Å². The van der Waals surface area contributed by atoms with Gasteiger partial charge in [0, 0.05) is 51.6 Å². The highest BCUT2D eigenvalue weighted by molar-refractivity contribution is 5.94. The number of morpholine rings is 1. The molecule has 0 aliphatic carbocycles. The maximum atomic E-state index is 12.3. The molecule has 3 N–H and O–H groups in total. The molecule has 2 heterocycles. The largest absolute Gasteiger partial charge is 0.379 e. The number of hydrogen-bond donors (Lipinski definition) is 3. The normalized spacial score (nSPS) is 21.2. The minimum absolute atomic E-state index is 0.0667. The third kappa shape index (κ3) is 7.19. The summed E-state index contributed by atoms with van der Waals surface area (Å²) in [6, 6.07) is 8.30. The molecule has 3 rings (SSSR count). The summed E-state index contributed by atoms with van der Waals surface area (Å²) in [6.07, 6.45) is 1.40. The minimum Gasteiger partial charge on any atom is -0.379 e. The Morgan fingerprint density at radius 3 is 2.71 bits per heavy atom. The Labute approximate surface area is 185 Å². The number of nitrogens with one attached hydrogen (secondary N) is 3. The minimum atomic E-state index is -0.329. The number of guanidine groups is 1. The molecule has 1 aromatic carbocycles. The molecule has 2 unspecified atom stereocenters. The summed E-state index contributed by atoms with van der Waals surface area (Å²) in [5.74, 6) is 1.24. The molecule has 0 saturated carbocycles. The molecule has 0 radical (unpaired) electrons. The molecule has 2 aliphatic heterocycles. The van der Waals surface area contributed by atoms with Crippen LogP contribution in [0.2, 0.25) is 0 Å². The van der Waals surface area contributed by atoms with E-state index in [9.17, 15) is 4.79 Å². The summed E-state index contributed by atoms with van der Waals surface area (Å²) in [6.45, 7) is 10.2. The van der Waals surface area contributed by atoms with Crippen LogP contribution in [-0.2, 0) is 20.8 Å². The zero-order valence-electron chi connectivity index (χ0n) is 19.0. The third-order valence-corrected chi connectivity index (χ3v) is 5.86. The Morgan fingerprint density at radius 1 is 1.23 bits per heavy atom. The maximum Gasteiger partial charge on any atom is 0.253 e. The number of nitrogens with zero attached hydrogens (tertiary/aromatic N) is 2. The number of hydrogen-bond acceptors (Lipinski definition) is 5. The second kappa shape index (κ2) is 12.0. The van der Waals surface area contributed by atoms with Crippen molar-refractivity contribution in [3.63, 3.8) is 0 Å². The van der Waals surface area contributed by atoms with E-state index in [0.29, 0.717) is 25.1 Å². The molecule has 8 nitrogen and oxygen atoms in total. The molecule has 31 heavy (non-hydrogen) atoms. The fraction of sp³-hybridized carbons (Fsp3) is 0.652. The number of carbonyl (C=O) groups excluding carboxylic acids is 1. The fourth-order valence-electron chi connectivity index (χ4n) is 4.07. The van der Waals surface area contributed by atoms with Crippen molar-refractivity contribution in [2.45, 2.75) is 45.4 Å². The molecule has 0 bridgehead atoms. The number of aliphatic imine (C=N–C) groups is 1. The second-order valence-electron chi connectivity index (χ2n) is 8.46. The van der Waals surface area contributed by atoms with Gasteiger partial charge in [-0.3, -0.25) is 14.7 Å². The van der Waals surface area contributed by atoms with E-state index >= 15 is 0 Å². The third-order valence-electron chi connectivity index (χ3n) is 5.86. The molecule has 2 saturated heterocycles. The van der Waals surface area contributed by atoms with Crippen molar-refractivity contribution >= 4 is 17.6 Å². The molecule has 2 aliphatic rings. The zero-order chi connectivity index (χ0) is 22.1. The van der Waals surface area contributed by atoms with Crippen LogP contribution in [0, 0.1) is 5.92 Å². The van der Waals surface area contributed by atoms with Gasteiger partial charge in [0.15, 0.2) is 5.96 Å². The molecule has 0 aromatic heterocycles. The lowest BCUT2D eigenvalue weighted by Crippen LogP contribution is -2.52. The summed E-state index contributed by atoms with van der Waals surface area (Å²) >= 11 is 0. The van der Waals surface area contributed by atoms with Gasteiger partial charge in [0.1, 0.15) is 6.10 Å². The van der Waals surface area contributed by atoms with E-state index in [1.807, 2.05) is 24.3 Å². The highest BCUT2D eigenvalue weighted by atomic mass is 16.5. The average molecular weight is 432 g/mol. The predicted octanol–water partition coefficient (Wildman–Crippen LogP) is 1.83. The molecule has 2 fully saturated rings. The van der Waals surface area contributed by atoms with Gasteiger partial charge in [-0.05, 0) is 36.5 Å². The van der Waals surface area contributed by atoms with Gasteiger partial charge < -0.3 is 25.4 Å². The molecule has 2 atom stereocenters. The van der Waals surface area contributed by atoms with Crippen LogP contribution in [-0.4, -0.2) is 75.4 Å². The summed E-state index contributed by atoms with van der Waals surface area (Å²) < 4.78 is 11.0. The highest BCUT2D eigenvalue weighted by Crippen LogP contribution is 2.16. The molecular formula is C23H37N5O3. The van der Waals surface area contributed by atoms with Gasteiger partial charge in [0.05, 0.1) is 13.2 Å². The first-order valence-corrected chi connectivity index (χ1v) is 11.3. The van der Waals surface area contributed by atoms with Gasteiger partial charge in [-0.25, -0.2) is 0 Å². The lowest BCUT2D eigenvalue weighted by Gasteiger charge is -2.37. The predicted molar refractivity (Wildman–Crippen MR) is 123 cm³/mol. The number of rotatable bonds is 8. The van der Waals surface area contributed by atoms with Crippen molar-refractivity contribution in [2.24, 2.45) is 10.9 Å². The van der Waals surface area contributed by atoms with Crippen molar-refractivity contribution in [2.75, 3.05) is 51.8 Å². The lowest BCUT2D eigenvalue weighted by atomic mass is 10.0. The second-order valence-corrected chi connectivity index (χ2v) is 8.46. The van der Waals surface area contributed by atoms with E-state index in [2.05, 4.69) is 39.7 Å². The van der Waals surface area contributed by atoms with Gasteiger partial charge in [-0.1, -0.05) is 26.0 Å². The van der Waals surface area contributed by atoms with Crippen LogP contribution >= 0.6 is 0 Å². The van der Waals surface area contributed by atoms with E-state index in [0.717, 1.165) is 62.9 Å². The van der Waals surface area contributed by atoms with E-state index in [4.69, 9.17) is 9.47 Å². The van der Waals surface area contributed by atoms with Gasteiger partial charge >= 0.3 is 0 Å². The summed E-state index contributed by atoms with van der Waals surface area (Å²) in [7, 11) is 1.78. The van der Waals surface area contributed by atoms with Crippen LogP contribution in [0.25, 0.3) is 0 Å². The van der Waals surface area contributed by atoms with Crippen molar-refractivity contribution in [1.29, 1.82) is 0 Å². The number of anilines is 1. The molecule has 1 aromatic rings. The first kappa shape index (κ1) is 23.5. The quantitative estimate of drug-likeness (QED) is 0.430. The maximum absolute atomic E-state index is 12.3. The van der Waals surface area contributed by atoms with Crippen molar-refractivity contribution in [1.82, 2.24) is 15.5 Å². The van der Waals surface area contributed by atoms with Crippen LogP contribution in [0.15, 0.2) is 29.3 Å². The Hall–Kier alpha value is -2.16. The zero-order valence-corrected chi connectivity index (χ0v) is 19.0. The number of carbonyl (C=O) groups is 1. The van der Waals surface area contributed by atoms with Gasteiger partial charge in [-0.2, -0.15) is 0 Å². The molecule has 0 spiro atoms. The number of amides is 1. The van der Waals surface area contributed by atoms with Gasteiger partial charge in [-0.15, -0.1) is 0 Å². The smallest absolute Gasteiger partial charge is 0.253 e. The Bertz CT molecular complexity index is 728. The van der Waals surface area contributed by atoms with Crippen LogP contribution in [0.3, 0.4) is 0 Å². The average Bonchev–Trinajstić information content (AvgIpc) is 3.32. The van der Waals surface area contributed by atoms with Crippen molar-refractivity contribution < 1.29 is 14.3 Å². The Kier molecular flexibility index (Phi) is 9.12. The molecule has 172 valence electrons. The van der Waals surface area contributed by atoms with Gasteiger partial charge in [0.2, 0.25) is 0 Å². The monoisotopic (exact) mass is 431 g/mol. The number of benzene rings is 1.